The maximum atomic E-state index is 13.2. The van der Waals surface area contributed by atoms with Gasteiger partial charge in [0, 0.05) is 16.8 Å². The molecule has 0 radical (unpaired) electrons. The predicted octanol–water partition coefficient (Wildman–Crippen LogP) is 4.32. The lowest BCUT2D eigenvalue weighted by atomic mass is 9.91. The number of benzene rings is 1. The van der Waals surface area contributed by atoms with E-state index in [1.807, 2.05) is 0 Å². The molecule has 0 aliphatic carbocycles. The highest BCUT2D eigenvalue weighted by molar-refractivity contribution is 7.55. The van der Waals surface area contributed by atoms with E-state index in [1.165, 1.54) is 13.8 Å². The summed E-state index contributed by atoms with van der Waals surface area (Å²) in [5.74, 6) is -1.68. The number of rotatable bonds is 10. The molecule has 2 atom stereocenters. The molecule has 1 aromatic carbocycles. The molecule has 0 aromatic heterocycles. The Kier molecular flexibility index (Phi) is 7.69. The molecule has 0 fully saturated rings. The average molecular weight is 428 g/mol. The standard InChI is InChI=1S/C15H20F3N2O7P/c1-4-26-28(25,27-5-2)14(3,20(23)24)13(10-19(21)22)11-6-8-12(9-7-11)15(16,17)18/h6-9,13H,4-5,10H2,1-3H3/t13-,14-/m0/s1. The monoisotopic (exact) mass is 428 g/mol. The Morgan fingerprint density at radius 3 is 1.86 bits per heavy atom. The molecule has 9 nitrogen and oxygen atoms in total. The van der Waals surface area contributed by atoms with Gasteiger partial charge in [-0.05, 0) is 31.5 Å². The lowest BCUT2D eigenvalue weighted by molar-refractivity contribution is -0.562. The Bertz CT molecular complexity index is 747. The molecule has 0 saturated heterocycles. The van der Waals surface area contributed by atoms with E-state index in [-0.39, 0.29) is 18.8 Å². The van der Waals surface area contributed by atoms with Crippen LogP contribution in [0.5, 0.6) is 0 Å². The quantitative estimate of drug-likeness (QED) is 0.309. The van der Waals surface area contributed by atoms with Crippen LogP contribution in [0.15, 0.2) is 24.3 Å². The fraction of sp³-hybridized carbons (Fsp3) is 0.600. The topological polar surface area (TPSA) is 122 Å². The first-order chi connectivity index (χ1) is 12.8. The molecular weight excluding hydrogens is 408 g/mol. The third-order valence-corrected chi connectivity index (χ3v) is 6.93. The van der Waals surface area contributed by atoms with Crippen LogP contribution in [0.2, 0.25) is 0 Å². The first-order valence-corrected chi connectivity index (χ1v) is 9.70. The number of nitrogens with zero attached hydrogens (tertiary/aromatic N) is 2. The van der Waals surface area contributed by atoms with Crippen molar-refractivity contribution in [2.45, 2.75) is 38.1 Å². The zero-order valence-corrected chi connectivity index (χ0v) is 16.2. The Balaban J connectivity index is 3.63. The zero-order valence-electron chi connectivity index (χ0n) is 15.3. The Morgan fingerprint density at radius 2 is 1.54 bits per heavy atom. The summed E-state index contributed by atoms with van der Waals surface area (Å²) < 4.78 is 61.7. The molecule has 1 aromatic rings. The van der Waals surface area contributed by atoms with E-state index in [1.54, 1.807) is 0 Å². The lowest BCUT2D eigenvalue weighted by Gasteiger charge is -2.33. The Hall–Kier alpha value is -2.04. The molecular formula is C15H20F3N2O7P. The number of halogens is 3. The molecule has 13 heteroatoms. The van der Waals surface area contributed by atoms with E-state index >= 15 is 0 Å². The fourth-order valence-electron chi connectivity index (χ4n) is 2.70. The average Bonchev–Trinajstić information content (AvgIpc) is 2.58. The zero-order chi connectivity index (χ0) is 21.8. The van der Waals surface area contributed by atoms with Crippen LogP contribution in [0.3, 0.4) is 0 Å². The number of hydrogen-bond donors (Lipinski definition) is 0. The molecule has 0 amide bonds. The van der Waals surface area contributed by atoms with Gasteiger partial charge in [0.1, 0.15) is 5.92 Å². The van der Waals surface area contributed by atoms with Crippen molar-refractivity contribution in [1.29, 1.82) is 0 Å². The minimum Gasteiger partial charge on any atom is -0.304 e. The summed E-state index contributed by atoms with van der Waals surface area (Å²) in [6.07, 6.45) is -4.66. The van der Waals surface area contributed by atoms with Gasteiger partial charge in [-0.2, -0.15) is 13.2 Å². The van der Waals surface area contributed by atoms with Crippen molar-refractivity contribution in [2.24, 2.45) is 0 Å². The third-order valence-electron chi connectivity index (χ3n) is 4.15. The highest BCUT2D eigenvalue weighted by atomic mass is 31.2. The van der Waals surface area contributed by atoms with Crippen molar-refractivity contribution >= 4 is 7.60 Å². The molecule has 158 valence electrons. The van der Waals surface area contributed by atoms with E-state index < -0.39 is 46.9 Å². The van der Waals surface area contributed by atoms with Gasteiger partial charge in [-0.1, -0.05) is 12.1 Å². The van der Waals surface area contributed by atoms with Crippen LogP contribution in [0, 0.1) is 20.2 Å². The van der Waals surface area contributed by atoms with Crippen molar-refractivity contribution in [3.8, 4) is 0 Å². The van der Waals surface area contributed by atoms with Gasteiger partial charge >= 0.3 is 19.1 Å². The summed E-state index contributed by atoms with van der Waals surface area (Å²) in [6.45, 7) is 2.16. The maximum Gasteiger partial charge on any atom is 0.416 e. The number of nitro groups is 2. The molecule has 0 heterocycles. The molecule has 1 rings (SSSR count). The summed E-state index contributed by atoms with van der Waals surface area (Å²) >= 11 is 0. The van der Waals surface area contributed by atoms with Gasteiger partial charge in [-0.3, -0.25) is 24.8 Å². The summed E-state index contributed by atoms with van der Waals surface area (Å²) in [7, 11) is -4.55. The second kappa shape index (κ2) is 8.97. The first kappa shape index (κ1) is 24.0. The van der Waals surface area contributed by atoms with Gasteiger partial charge in [0.15, 0.2) is 0 Å². The van der Waals surface area contributed by atoms with Gasteiger partial charge in [0.05, 0.1) is 18.8 Å². The second-order valence-electron chi connectivity index (χ2n) is 5.87. The third kappa shape index (κ3) is 4.86. The van der Waals surface area contributed by atoms with E-state index in [9.17, 15) is 38.0 Å². The SMILES string of the molecule is CCOP(=O)(OCC)[C@@](C)([C@@H](C[N+](=O)[O-])c1ccc(C(F)(F)F)cc1)[N+](=O)[O-]. The van der Waals surface area contributed by atoms with Crippen LogP contribution in [0.4, 0.5) is 13.2 Å². The molecule has 28 heavy (non-hydrogen) atoms. The minimum atomic E-state index is -4.66. The first-order valence-electron chi connectivity index (χ1n) is 8.16. The van der Waals surface area contributed by atoms with Crippen LogP contribution in [0.1, 0.15) is 37.8 Å². The van der Waals surface area contributed by atoms with Gasteiger partial charge in [-0.15, -0.1) is 0 Å². The summed E-state index contributed by atoms with van der Waals surface area (Å²) in [5, 5.41) is 20.5. The molecule has 0 unspecified atom stereocenters. The second-order valence-corrected chi connectivity index (χ2v) is 8.29. The van der Waals surface area contributed by atoms with Gasteiger partial charge < -0.3 is 9.05 Å². The fourth-order valence-corrected chi connectivity index (χ4v) is 4.79. The highest BCUT2D eigenvalue weighted by Crippen LogP contribution is 2.65. The molecule has 0 N–H and O–H groups in total. The van der Waals surface area contributed by atoms with E-state index in [2.05, 4.69) is 0 Å². The van der Waals surface area contributed by atoms with E-state index in [4.69, 9.17) is 9.05 Å². The van der Waals surface area contributed by atoms with Gasteiger partial charge in [-0.25, -0.2) is 0 Å². The predicted molar refractivity (Wildman–Crippen MR) is 92.3 cm³/mol. The summed E-state index contributed by atoms with van der Waals surface area (Å²) in [4.78, 5) is 21.2. The van der Waals surface area contributed by atoms with Crippen LogP contribution >= 0.6 is 7.60 Å². The Labute approximate surface area is 158 Å². The normalized spacial score (nSPS) is 15.6. The van der Waals surface area contributed by atoms with E-state index in [0.717, 1.165) is 19.1 Å². The summed E-state index contributed by atoms with van der Waals surface area (Å²) in [6, 6.07) is 3.08. The smallest absolute Gasteiger partial charge is 0.304 e. The lowest BCUT2D eigenvalue weighted by Crippen LogP contribution is -2.45. The number of hydrogen-bond acceptors (Lipinski definition) is 7. The van der Waals surface area contributed by atoms with E-state index in [0.29, 0.717) is 12.1 Å². The molecule has 0 aliphatic rings. The van der Waals surface area contributed by atoms with Crippen molar-refractivity contribution in [3.63, 3.8) is 0 Å². The van der Waals surface area contributed by atoms with Crippen molar-refractivity contribution in [1.82, 2.24) is 0 Å². The van der Waals surface area contributed by atoms with Crippen molar-refractivity contribution in [3.05, 3.63) is 55.6 Å². The molecule has 0 spiro atoms. The molecule has 0 aliphatic heterocycles. The molecule has 0 saturated carbocycles. The van der Waals surface area contributed by atoms with Gasteiger partial charge in [0.2, 0.25) is 6.54 Å². The minimum absolute atomic E-state index is 0.163. The summed E-state index contributed by atoms with van der Waals surface area (Å²) in [5.41, 5.74) is -1.19. The van der Waals surface area contributed by atoms with Crippen LogP contribution < -0.4 is 0 Å². The van der Waals surface area contributed by atoms with Crippen LogP contribution in [-0.2, 0) is 19.8 Å². The van der Waals surface area contributed by atoms with Crippen molar-refractivity contribution < 1.29 is 36.6 Å². The van der Waals surface area contributed by atoms with Crippen LogP contribution in [-0.4, -0.2) is 34.9 Å². The maximum absolute atomic E-state index is 13.2. The largest absolute Gasteiger partial charge is 0.416 e. The highest BCUT2D eigenvalue weighted by Gasteiger charge is 2.65. The van der Waals surface area contributed by atoms with Gasteiger partial charge in [0.25, 0.3) is 0 Å². The number of alkyl halides is 3. The molecule has 0 bridgehead atoms. The van der Waals surface area contributed by atoms with Crippen LogP contribution in [0.25, 0.3) is 0 Å². The van der Waals surface area contributed by atoms with Crippen molar-refractivity contribution in [2.75, 3.05) is 19.8 Å². The Morgan fingerprint density at radius 1 is 1.07 bits per heavy atom.